The van der Waals surface area contributed by atoms with Gasteiger partial charge in [-0.1, -0.05) is 50.5 Å². The molecule has 2 aromatic rings. The Morgan fingerprint density at radius 1 is 1.03 bits per heavy atom. The summed E-state index contributed by atoms with van der Waals surface area (Å²) in [5.41, 5.74) is 1.32. The number of hydrogen-bond donors (Lipinski definition) is 1. The first-order valence-electron chi connectivity index (χ1n) is 11.0. The van der Waals surface area contributed by atoms with Crippen molar-refractivity contribution in [1.29, 1.82) is 0 Å². The summed E-state index contributed by atoms with van der Waals surface area (Å²) in [6, 6.07) is 16.2. The third-order valence-corrected chi connectivity index (χ3v) is 5.40. The van der Waals surface area contributed by atoms with E-state index in [1.54, 1.807) is 6.07 Å². The van der Waals surface area contributed by atoms with Crippen molar-refractivity contribution in [1.82, 2.24) is 5.32 Å². The average molecular weight is 396 g/mol. The normalized spacial score (nSPS) is 16.4. The summed E-state index contributed by atoms with van der Waals surface area (Å²) in [5, 5.41) is 3.60. The van der Waals surface area contributed by atoms with E-state index in [2.05, 4.69) is 24.4 Å². The van der Waals surface area contributed by atoms with Crippen molar-refractivity contribution < 1.29 is 14.3 Å². The molecule has 4 heteroatoms. The molecule has 0 aliphatic carbocycles. The van der Waals surface area contributed by atoms with Crippen LogP contribution in [0.5, 0.6) is 17.2 Å². The number of piperidine rings is 1. The van der Waals surface area contributed by atoms with Gasteiger partial charge >= 0.3 is 5.97 Å². The number of hydrogen-bond acceptors (Lipinski definition) is 4. The minimum atomic E-state index is -0.207. The Morgan fingerprint density at radius 2 is 1.83 bits per heavy atom. The molecule has 4 nitrogen and oxygen atoms in total. The van der Waals surface area contributed by atoms with Gasteiger partial charge in [0.05, 0.1) is 0 Å². The quantitative estimate of drug-likeness (QED) is 0.303. The van der Waals surface area contributed by atoms with Crippen molar-refractivity contribution in [2.24, 2.45) is 0 Å². The largest absolute Gasteiger partial charge is 0.453 e. The van der Waals surface area contributed by atoms with Crippen LogP contribution < -0.4 is 14.8 Å². The second-order valence-electron chi connectivity index (χ2n) is 7.81. The lowest BCUT2D eigenvalue weighted by molar-refractivity contribution is -0.134. The minimum absolute atomic E-state index is 0.207. The molecule has 1 fully saturated rings. The summed E-state index contributed by atoms with van der Waals surface area (Å²) in [7, 11) is 0. The third-order valence-electron chi connectivity index (χ3n) is 5.40. The van der Waals surface area contributed by atoms with E-state index in [-0.39, 0.29) is 5.97 Å². The van der Waals surface area contributed by atoms with Crippen molar-refractivity contribution in [3.63, 3.8) is 0 Å². The molecule has 0 saturated carbocycles. The fraction of sp³-hybridized carbons (Fsp3) is 0.480. The first kappa shape index (κ1) is 21.4. The number of esters is 1. The molecule has 0 amide bonds. The molecule has 1 atom stereocenters. The van der Waals surface area contributed by atoms with Gasteiger partial charge in [0, 0.05) is 12.5 Å². The maximum Gasteiger partial charge on any atom is 0.311 e. The van der Waals surface area contributed by atoms with Gasteiger partial charge in [0.15, 0.2) is 11.5 Å². The van der Waals surface area contributed by atoms with Crippen LogP contribution in [0.15, 0.2) is 48.5 Å². The van der Waals surface area contributed by atoms with Gasteiger partial charge in [-0.25, -0.2) is 0 Å². The van der Waals surface area contributed by atoms with Crippen LogP contribution in [0, 0.1) is 0 Å². The molecule has 3 rings (SSSR count). The Balaban J connectivity index is 1.53. The number of carbonyl (C=O) groups excluding carboxylic acids is 1. The third kappa shape index (κ3) is 7.21. The Bertz CT molecular complexity index is 751. The van der Waals surface area contributed by atoms with Gasteiger partial charge in [0.2, 0.25) is 0 Å². The highest BCUT2D eigenvalue weighted by atomic mass is 16.6. The highest BCUT2D eigenvalue weighted by Crippen LogP contribution is 2.32. The zero-order chi connectivity index (χ0) is 20.3. The van der Waals surface area contributed by atoms with Crippen LogP contribution in [0.3, 0.4) is 0 Å². The highest BCUT2D eigenvalue weighted by molar-refractivity contribution is 5.73. The van der Waals surface area contributed by atoms with Crippen LogP contribution in [-0.2, 0) is 11.2 Å². The summed E-state index contributed by atoms with van der Waals surface area (Å²) >= 11 is 0. The van der Waals surface area contributed by atoms with Gasteiger partial charge < -0.3 is 14.8 Å². The van der Waals surface area contributed by atoms with E-state index in [0.717, 1.165) is 38.0 Å². The number of unbranched alkanes of at least 4 members (excludes halogenated alkanes) is 2. The van der Waals surface area contributed by atoms with Crippen LogP contribution in [0.2, 0.25) is 0 Å². The first-order chi connectivity index (χ1) is 14.2. The molecule has 1 N–H and O–H groups in total. The van der Waals surface area contributed by atoms with E-state index in [1.165, 1.54) is 31.2 Å². The van der Waals surface area contributed by atoms with E-state index < -0.39 is 0 Å². The molecule has 1 aliphatic heterocycles. The molecule has 156 valence electrons. The summed E-state index contributed by atoms with van der Waals surface area (Å²) in [5.74, 6) is 1.58. The maximum absolute atomic E-state index is 12.1. The van der Waals surface area contributed by atoms with E-state index in [1.807, 2.05) is 30.3 Å². The molecule has 0 spiro atoms. The maximum atomic E-state index is 12.1. The Labute approximate surface area is 174 Å². The van der Waals surface area contributed by atoms with Crippen molar-refractivity contribution >= 4 is 5.97 Å². The van der Waals surface area contributed by atoms with Gasteiger partial charge in [0.25, 0.3) is 0 Å². The Hall–Kier alpha value is -2.33. The molecule has 0 aromatic heterocycles. The zero-order valence-corrected chi connectivity index (χ0v) is 17.5. The second-order valence-corrected chi connectivity index (χ2v) is 7.81. The van der Waals surface area contributed by atoms with E-state index in [0.29, 0.717) is 24.0 Å². The monoisotopic (exact) mass is 395 g/mol. The first-order valence-corrected chi connectivity index (χ1v) is 11.0. The van der Waals surface area contributed by atoms with Crippen LogP contribution in [0.25, 0.3) is 0 Å². The minimum Gasteiger partial charge on any atom is -0.453 e. The smallest absolute Gasteiger partial charge is 0.311 e. The number of nitrogens with one attached hydrogen (secondary N) is 1. The lowest BCUT2D eigenvalue weighted by atomic mass is 9.98. The molecule has 0 bridgehead atoms. The SMILES string of the molecule is CCCCCC(=O)Oc1ccccc1Oc1ccc(CCC2CCCCN2)cc1. The molecule has 1 saturated heterocycles. The fourth-order valence-electron chi connectivity index (χ4n) is 3.67. The van der Waals surface area contributed by atoms with E-state index in [9.17, 15) is 4.79 Å². The average Bonchev–Trinajstić information content (AvgIpc) is 2.75. The van der Waals surface area contributed by atoms with Gasteiger partial charge in [-0.2, -0.15) is 0 Å². The number of carbonyl (C=O) groups is 1. The van der Waals surface area contributed by atoms with Crippen LogP contribution >= 0.6 is 0 Å². The molecule has 1 heterocycles. The Kier molecular flexibility index (Phi) is 8.57. The second kappa shape index (κ2) is 11.6. The zero-order valence-electron chi connectivity index (χ0n) is 17.5. The molecule has 29 heavy (non-hydrogen) atoms. The number of benzene rings is 2. The summed E-state index contributed by atoms with van der Waals surface area (Å²) in [6.45, 7) is 3.27. The molecule has 1 unspecified atom stereocenters. The van der Waals surface area contributed by atoms with Crippen molar-refractivity contribution in [2.45, 2.75) is 70.8 Å². The predicted octanol–water partition coefficient (Wildman–Crippen LogP) is 6.04. The van der Waals surface area contributed by atoms with Gasteiger partial charge in [0.1, 0.15) is 5.75 Å². The molecular formula is C25H33NO3. The number of aryl methyl sites for hydroxylation is 1. The van der Waals surface area contributed by atoms with Gasteiger partial charge in [-0.05, 0) is 68.5 Å². The topological polar surface area (TPSA) is 47.6 Å². The predicted molar refractivity (Wildman–Crippen MR) is 117 cm³/mol. The summed E-state index contributed by atoms with van der Waals surface area (Å²) in [4.78, 5) is 12.1. The van der Waals surface area contributed by atoms with E-state index in [4.69, 9.17) is 9.47 Å². The van der Waals surface area contributed by atoms with Crippen molar-refractivity contribution in [3.8, 4) is 17.2 Å². The van der Waals surface area contributed by atoms with Crippen molar-refractivity contribution in [2.75, 3.05) is 6.54 Å². The van der Waals surface area contributed by atoms with E-state index >= 15 is 0 Å². The fourth-order valence-corrected chi connectivity index (χ4v) is 3.67. The molecule has 1 aliphatic rings. The van der Waals surface area contributed by atoms with Crippen molar-refractivity contribution in [3.05, 3.63) is 54.1 Å². The lowest BCUT2D eigenvalue weighted by Gasteiger charge is -2.23. The standard InChI is InChI=1S/C25H33NO3/c1-2-3-4-12-25(27)29-24-11-6-5-10-23(24)28-22-17-14-20(15-18-22)13-16-21-9-7-8-19-26-21/h5-6,10-11,14-15,17-18,21,26H,2-4,7-9,12-13,16,19H2,1H3. The Morgan fingerprint density at radius 3 is 2.55 bits per heavy atom. The summed E-state index contributed by atoms with van der Waals surface area (Å²) < 4.78 is 11.5. The number of rotatable bonds is 10. The van der Waals surface area contributed by atoms with Crippen LogP contribution in [0.1, 0.15) is 63.9 Å². The van der Waals surface area contributed by atoms with Crippen LogP contribution in [0.4, 0.5) is 0 Å². The number of ether oxygens (including phenoxy) is 2. The molecular weight excluding hydrogens is 362 g/mol. The van der Waals surface area contributed by atoms with Gasteiger partial charge in [-0.15, -0.1) is 0 Å². The lowest BCUT2D eigenvalue weighted by Crippen LogP contribution is -2.34. The number of para-hydroxylation sites is 2. The highest BCUT2D eigenvalue weighted by Gasteiger charge is 2.13. The summed E-state index contributed by atoms with van der Waals surface area (Å²) in [6.07, 6.45) is 9.60. The molecule has 2 aromatic carbocycles. The van der Waals surface area contributed by atoms with Crippen LogP contribution in [-0.4, -0.2) is 18.6 Å². The molecule has 0 radical (unpaired) electrons. The van der Waals surface area contributed by atoms with Gasteiger partial charge in [-0.3, -0.25) is 4.79 Å².